The van der Waals surface area contributed by atoms with Crippen LogP contribution in [0.3, 0.4) is 0 Å². The van der Waals surface area contributed by atoms with Gasteiger partial charge < -0.3 is 20.1 Å². The van der Waals surface area contributed by atoms with E-state index < -0.39 is 17.5 Å². The van der Waals surface area contributed by atoms with Crippen molar-refractivity contribution in [2.24, 2.45) is 0 Å². The van der Waals surface area contributed by atoms with Gasteiger partial charge in [0.15, 0.2) is 5.60 Å². The molecule has 0 radical (unpaired) electrons. The number of benzene rings is 3. The molecule has 0 saturated carbocycles. The van der Waals surface area contributed by atoms with E-state index in [2.05, 4.69) is 59.6 Å². The largest absolute Gasteiger partial charge is 0.506 e. The number of esters is 1. The average molecular weight is 688 g/mol. The second-order valence-electron chi connectivity index (χ2n) is 10.6. The Balaban J connectivity index is 2.26. The van der Waals surface area contributed by atoms with Crippen molar-refractivity contribution >= 4 is 43.8 Å². The molecule has 0 bridgehead atoms. The Morgan fingerprint density at radius 1 is 0.732 bits per heavy atom. The predicted molar refractivity (Wildman–Crippen MR) is 166 cm³/mol. The molecule has 0 atom stereocenters. The van der Waals surface area contributed by atoms with E-state index in [1.54, 1.807) is 6.07 Å². The summed E-state index contributed by atoms with van der Waals surface area (Å²) in [4.78, 5) is 25.6. The van der Waals surface area contributed by atoms with Crippen LogP contribution in [0.5, 0.6) is 11.5 Å². The summed E-state index contributed by atoms with van der Waals surface area (Å²) in [6, 6.07) is 8.23. The Morgan fingerprint density at radius 3 is 1.59 bits per heavy atom. The lowest BCUT2D eigenvalue weighted by molar-refractivity contribution is 0.0245. The minimum atomic E-state index is -1.43. The lowest BCUT2D eigenvalue weighted by Crippen LogP contribution is -2.33. The molecular formula is C33H36Br2O6. The summed E-state index contributed by atoms with van der Waals surface area (Å²) in [5, 5.41) is 32.1. The number of aromatic hydroxyl groups is 2. The Kier molecular flexibility index (Phi) is 9.54. The van der Waals surface area contributed by atoms with Crippen molar-refractivity contribution in [3.63, 3.8) is 0 Å². The molecular weight excluding hydrogens is 652 g/mol. The number of aromatic carboxylic acids is 1. The summed E-state index contributed by atoms with van der Waals surface area (Å²) in [7, 11) is 0. The summed E-state index contributed by atoms with van der Waals surface area (Å²) in [5.41, 5.74) is 4.15. The number of carbonyl (C=O) groups excluding carboxylic acids is 1. The molecule has 3 N–H and O–H groups in total. The summed E-state index contributed by atoms with van der Waals surface area (Å²) in [6.45, 7) is 8.24. The zero-order chi connectivity index (χ0) is 30.1. The van der Waals surface area contributed by atoms with Crippen LogP contribution in [0.15, 0.2) is 39.3 Å². The number of hydrogen-bond donors (Lipinski definition) is 3. The van der Waals surface area contributed by atoms with Crippen LogP contribution in [0.2, 0.25) is 0 Å². The highest BCUT2D eigenvalue weighted by molar-refractivity contribution is 9.10. The number of cyclic esters (lactones) is 1. The number of phenols is 2. The van der Waals surface area contributed by atoms with E-state index in [-0.39, 0.29) is 22.6 Å². The van der Waals surface area contributed by atoms with Crippen molar-refractivity contribution in [3.8, 4) is 11.5 Å². The van der Waals surface area contributed by atoms with Crippen LogP contribution in [-0.4, -0.2) is 27.3 Å². The first-order valence-corrected chi connectivity index (χ1v) is 15.8. The van der Waals surface area contributed by atoms with Crippen molar-refractivity contribution in [1.29, 1.82) is 0 Å². The molecule has 0 aliphatic carbocycles. The minimum absolute atomic E-state index is 0.00354. The molecule has 6 nitrogen and oxygen atoms in total. The fourth-order valence-corrected chi connectivity index (χ4v) is 7.09. The smallest absolute Gasteiger partial charge is 0.340 e. The van der Waals surface area contributed by atoms with Gasteiger partial charge in [-0.3, -0.25) is 0 Å². The molecule has 1 aliphatic rings. The van der Waals surface area contributed by atoms with Gasteiger partial charge in [-0.05, 0) is 104 Å². The Hall–Kier alpha value is -2.84. The molecule has 1 heterocycles. The van der Waals surface area contributed by atoms with Crippen molar-refractivity contribution in [2.45, 2.75) is 84.7 Å². The predicted octanol–water partition coefficient (Wildman–Crippen LogP) is 8.59. The quantitative estimate of drug-likeness (QED) is 0.175. The molecule has 0 amide bonds. The molecule has 41 heavy (non-hydrogen) atoms. The van der Waals surface area contributed by atoms with Crippen LogP contribution < -0.4 is 0 Å². The number of carboxylic acid groups (broad SMARTS) is 1. The molecule has 0 unspecified atom stereocenters. The van der Waals surface area contributed by atoms with E-state index in [4.69, 9.17) is 4.74 Å². The third kappa shape index (κ3) is 5.29. The molecule has 4 rings (SSSR count). The van der Waals surface area contributed by atoms with Crippen LogP contribution in [0.25, 0.3) is 0 Å². The van der Waals surface area contributed by atoms with Crippen molar-refractivity contribution in [3.05, 3.63) is 89.3 Å². The lowest BCUT2D eigenvalue weighted by Gasteiger charge is -2.36. The van der Waals surface area contributed by atoms with E-state index in [9.17, 15) is 24.9 Å². The minimum Gasteiger partial charge on any atom is -0.506 e. The van der Waals surface area contributed by atoms with Crippen LogP contribution in [0.1, 0.15) is 113 Å². The van der Waals surface area contributed by atoms with Gasteiger partial charge >= 0.3 is 11.9 Å². The fraction of sp³-hybridized carbons (Fsp3) is 0.394. The van der Waals surface area contributed by atoms with Crippen molar-refractivity contribution in [2.75, 3.05) is 0 Å². The molecule has 218 valence electrons. The number of carbonyl (C=O) groups is 2. The first-order chi connectivity index (χ1) is 19.6. The van der Waals surface area contributed by atoms with Gasteiger partial charge in [-0.15, -0.1) is 0 Å². The Morgan fingerprint density at radius 2 is 1.17 bits per heavy atom. The number of hydrogen-bond acceptors (Lipinski definition) is 5. The second-order valence-corrected chi connectivity index (χ2v) is 12.3. The van der Waals surface area contributed by atoms with Gasteiger partial charge in [0.25, 0.3) is 0 Å². The Labute approximate surface area is 258 Å². The molecule has 3 aromatic rings. The molecule has 0 fully saturated rings. The Bertz CT molecular complexity index is 1440. The molecule has 0 spiro atoms. The highest BCUT2D eigenvalue weighted by Gasteiger charge is 2.52. The summed E-state index contributed by atoms with van der Waals surface area (Å²) in [5.74, 6) is -1.40. The molecule has 0 saturated heterocycles. The van der Waals surface area contributed by atoms with Gasteiger partial charge in [-0.25, -0.2) is 9.59 Å². The van der Waals surface area contributed by atoms with Gasteiger partial charge in [-0.1, -0.05) is 59.4 Å². The van der Waals surface area contributed by atoms with Crippen LogP contribution in [0.4, 0.5) is 0 Å². The molecule has 0 aromatic heterocycles. The van der Waals surface area contributed by atoms with Crippen molar-refractivity contribution < 1.29 is 29.6 Å². The zero-order valence-corrected chi connectivity index (χ0v) is 27.0. The third-order valence-corrected chi connectivity index (χ3v) is 9.02. The first kappa shape index (κ1) is 31.1. The second kappa shape index (κ2) is 12.6. The number of fused-ring (bicyclic) bond motifs is 1. The lowest BCUT2D eigenvalue weighted by atomic mass is 9.72. The van der Waals surface area contributed by atoms with Gasteiger partial charge in [-0.2, -0.15) is 0 Å². The zero-order valence-electron chi connectivity index (χ0n) is 23.9. The third-order valence-electron chi connectivity index (χ3n) is 7.82. The van der Waals surface area contributed by atoms with Gasteiger partial charge in [0.05, 0.1) is 20.1 Å². The maximum atomic E-state index is 13.7. The highest BCUT2D eigenvalue weighted by Crippen LogP contribution is 2.54. The molecule has 8 heteroatoms. The number of rotatable bonds is 11. The number of ether oxygens (including phenoxy) is 1. The molecule has 1 aliphatic heterocycles. The highest BCUT2D eigenvalue weighted by atomic mass is 79.9. The number of halogens is 2. The topological polar surface area (TPSA) is 104 Å². The monoisotopic (exact) mass is 686 g/mol. The van der Waals surface area contributed by atoms with Gasteiger partial charge in [0.1, 0.15) is 11.5 Å². The molecule has 3 aromatic carbocycles. The van der Waals surface area contributed by atoms with Gasteiger partial charge in [0.2, 0.25) is 0 Å². The summed E-state index contributed by atoms with van der Waals surface area (Å²) >= 11 is 7.16. The van der Waals surface area contributed by atoms with E-state index in [0.717, 1.165) is 59.1 Å². The maximum absolute atomic E-state index is 13.7. The van der Waals surface area contributed by atoms with Crippen LogP contribution in [-0.2, 0) is 36.0 Å². The summed E-state index contributed by atoms with van der Waals surface area (Å²) in [6.07, 6.45) is 5.73. The van der Waals surface area contributed by atoms with Crippen LogP contribution >= 0.6 is 31.9 Å². The van der Waals surface area contributed by atoms with Crippen molar-refractivity contribution in [1.82, 2.24) is 0 Å². The number of carboxylic acids is 1. The van der Waals surface area contributed by atoms with E-state index in [0.29, 0.717) is 40.2 Å². The maximum Gasteiger partial charge on any atom is 0.340 e. The summed E-state index contributed by atoms with van der Waals surface area (Å²) < 4.78 is 7.50. The fourth-order valence-electron chi connectivity index (χ4n) is 6.15. The standard InChI is InChI=1S/C33H36Br2O6/c1-5-9-19-21(11-7-3)29(36)27(34)16-25(19)33(24-14-13-18(31(38)39)15-23(24)32(40)41-33)26-17-28(35)30(37)22(12-8-4)20(26)10-6-2/h13-17,36-37H,5-12H2,1-4H3,(H,38,39). The number of phenolic OH excluding ortho intramolecular Hbond substituents is 2. The average Bonchev–Trinajstić information content (AvgIpc) is 3.24. The van der Waals surface area contributed by atoms with E-state index in [1.807, 2.05) is 12.1 Å². The first-order valence-electron chi connectivity index (χ1n) is 14.3. The van der Waals surface area contributed by atoms with Crippen LogP contribution in [0, 0.1) is 0 Å². The normalized spacial score (nSPS) is 13.8. The SMILES string of the molecule is CCCc1c(C2(c3cc(Br)c(O)c(CCC)c3CCC)OC(=O)c3cc(C(=O)O)ccc32)cc(Br)c(O)c1CCC. The van der Waals surface area contributed by atoms with Gasteiger partial charge in [0, 0.05) is 16.7 Å². The van der Waals surface area contributed by atoms with E-state index in [1.165, 1.54) is 12.1 Å². The van der Waals surface area contributed by atoms with E-state index >= 15 is 0 Å².